The zero-order valence-corrected chi connectivity index (χ0v) is 8.60. The Labute approximate surface area is 85.6 Å². The Hall–Kier alpha value is -0.600. The van der Waals surface area contributed by atoms with Crippen LogP contribution in [0.1, 0.15) is 0 Å². The van der Waals surface area contributed by atoms with Gasteiger partial charge in [-0.2, -0.15) is 0 Å². The van der Waals surface area contributed by atoms with Gasteiger partial charge in [0, 0.05) is 25.5 Å². The van der Waals surface area contributed by atoms with Crippen LogP contribution in [0.25, 0.3) is 0 Å². The molecule has 0 aromatic heterocycles. The molecule has 12 heavy (non-hydrogen) atoms. The highest BCUT2D eigenvalue weighted by atomic mass is 35.5. The van der Waals surface area contributed by atoms with Gasteiger partial charge in [-0.15, -0.1) is 0 Å². The van der Waals surface area contributed by atoms with Crippen LogP contribution in [-0.2, 0) is 0 Å². The summed E-state index contributed by atoms with van der Waals surface area (Å²) < 4.78 is 0. The molecular weight excluding hydrogens is 195 g/mol. The summed E-state index contributed by atoms with van der Waals surface area (Å²) in [6.45, 7) is 0. The van der Waals surface area contributed by atoms with Gasteiger partial charge >= 0.3 is 0 Å². The van der Waals surface area contributed by atoms with Gasteiger partial charge in [0.15, 0.2) is 0 Å². The van der Waals surface area contributed by atoms with Gasteiger partial charge in [-0.1, -0.05) is 0 Å². The van der Waals surface area contributed by atoms with E-state index in [-0.39, 0.29) is 24.8 Å². The number of anilines is 2. The third kappa shape index (κ3) is 3.69. The molecule has 1 aromatic rings. The predicted octanol–water partition coefficient (Wildman–Crippen LogP) is -4.66. The molecule has 0 amide bonds. The third-order valence-electron chi connectivity index (χ3n) is 1.41. The maximum absolute atomic E-state index is 5.51. The molecule has 0 radical (unpaired) electrons. The maximum atomic E-state index is 5.51. The van der Waals surface area contributed by atoms with Gasteiger partial charge in [0.2, 0.25) is 0 Å². The minimum Gasteiger partial charge on any atom is -1.00 e. The van der Waals surface area contributed by atoms with Gasteiger partial charge in [0.1, 0.15) is 0 Å². The summed E-state index contributed by atoms with van der Waals surface area (Å²) in [6, 6.07) is 7.79. The second kappa shape index (κ2) is 5.98. The summed E-state index contributed by atoms with van der Waals surface area (Å²) >= 11 is 0. The van der Waals surface area contributed by atoms with Crippen molar-refractivity contribution in [1.29, 1.82) is 0 Å². The average Bonchev–Trinajstić information content (AvgIpc) is 1.88. The van der Waals surface area contributed by atoms with Crippen molar-refractivity contribution in [2.75, 3.05) is 24.7 Å². The summed E-state index contributed by atoms with van der Waals surface area (Å²) in [4.78, 5) is 2.04. The molecule has 0 aliphatic rings. The van der Waals surface area contributed by atoms with Crippen LogP contribution in [0.4, 0.5) is 11.4 Å². The lowest BCUT2D eigenvalue weighted by atomic mass is 10.3. The van der Waals surface area contributed by atoms with E-state index in [1.807, 2.05) is 43.3 Å². The van der Waals surface area contributed by atoms with E-state index < -0.39 is 0 Å². The molecule has 0 bridgehead atoms. The first-order valence-corrected chi connectivity index (χ1v) is 3.23. The van der Waals surface area contributed by atoms with Gasteiger partial charge in [-0.05, 0) is 24.3 Å². The van der Waals surface area contributed by atoms with E-state index >= 15 is 0 Å². The van der Waals surface area contributed by atoms with Crippen molar-refractivity contribution in [1.82, 2.24) is 0 Å². The summed E-state index contributed by atoms with van der Waals surface area (Å²) in [5.41, 5.74) is 7.49. The zero-order chi connectivity index (χ0) is 7.56. The van der Waals surface area contributed by atoms with Crippen LogP contribution in [-0.4, -0.2) is 14.1 Å². The molecule has 0 fully saturated rings. The number of nitrogens with zero attached hydrogens (tertiary/aromatic N) is 1. The Morgan fingerprint density at radius 3 is 1.75 bits per heavy atom. The first-order valence-electron chi connectivity index (χ1n) is 3.23. The molecule has 4 heteroatoms. The molecule has 2 nitrogen and oxygen atoms in total. The number of benzene rings is 1. The highest BCUT2D eigenvalue weighted by Crippen LogP contribution is 2.12. The molecule has 0 unspecified atom stereocenters. The highest BCUT2D eigenvalue weighted by Gasteiger charge is 1.91. The van der Waals surface area contributed by atoms with Crippen molar-refractivity contribution < 1.29 is 24.8 Å². The third-order valence-corrected chi connectivity index (χ3v) is 1.41. The number of halogens is 2. The van der Waals surface area contributed by atoms with Crippen LogP contribution < -0.4 is 35.4 Å². The van der Waals surface area contributed by atoms with Gasteiger partial charge in [0.25, 0.3) is 0 Å². The monoisotopic (exact) mass is 206 g/mol. The van der Waals surface area contributed by atoms with Crippen LogP contribution in [0.5, 0.6) is 0 Å². The molecule has 2 N–H and O–H groups in total. The lowest BCUT2D eigenvalue weighted by Crippen LogP contribution is -3.00. The summed E-state index contributed by atoms with van der Waals surface area (Å²) in [6.07, 6.45) is 0. The van der Waals surface area contributed by atoms with E-state index in [0.717, 1.165) is 5.69 Å². The number of nitrogen functional groups attached to an aromatic ring is 1. The van der Waals surface area contributed by atoms with E-state index in [2.05, 4.69) is 0 Å². The Morgan fingerprint density at radius 1 is 1.00 bits per heavy atom. The van der Waals surface area contributed by atoms with Crippen molar-refractivity contribution in [3.8, 4) is 0 Å². The minimum atomic E-state index is 0. The topological polar surface area (TPSA) is 29.3 Å². The number of hydrogen-bond donors (Lipinski definition) is 1. The standard InChI is InChI=1S/C8H12N2.2ClH/c1-10(2)8-5-3-7(9)4-6-8;;/h3-6H,9H2,1-2H3;2*1H/p-2. The van der Waals surface area contributed by atoms with Crippen LogP contribution in [0, 0.1) is 0 Å². The predicted molar refractivity (Wildman–Crippen MR) is 45.2 cm³/mol. The second-order valence-electron chi connectivity index (χ2n) is 2.49. The molecule has 0 atom stereocenters. The van der Waals surface area contributed by atoms with Crippen molar-refractivity contribution >= 4 is 11.4 Å². The average molecular weight is 207 g/mol. The normalized spacial score (nSPS) is 7.83. The molecule has 0 aliphatic carbocycles. The van der Waals surface area contributed by atoms with Gasteiger partial charge in [0.05, 0.1) is 0 Å². The fraction of sp³-hybridized carbons (Fsp3) is 0.250. The van der Waals surface area contributed by atoms with Gasteiger partial charge in [-0.25, -0.2) is 0 Å². The summed E-state index contributed by atoms with van der Waals surface area (Å²) in [5, 5.41) is 0. The van der Waals surface area contributed by atoms with Crippen LogP contribution in [0.15, 0.2) is 24.3 Å². The zero-order valence-electron chi connectivity index (χ0n) is 7.09. The Kier molecular flexibility index (Phi) is 6.95. The fourth-order valence-corrected chi connectivity index (χ4v) is 0.772. The van der Waals surface area contributed by atoms with E-state index in [1.54, 1.807) is 0 Å². The Bertz CT molecular complexity index is 209. The molecule has 0 spiro atoms. The molecule has 70 valence electrons. The minimum absolute atomic E-state index is 0. The number of nitrogens with two attached hydrogens (primary N) is 1. The molecule has 1 rings (SSSR count). The van der Waals surface area contributed by atoms with Gasteiger partial charge in [-0.3, -0.25) is 0 Å². The molecular formula is C8H12Cl2N2-2. The molecule has 0 saturated carbocycles. The Balaban J connectivity index is 0. The van der Waals surface area contributed by atoms with Gasteiger partial charge < -0.3 is 35.4 Å². The molecule has 0 saturated heterocycles. The quantitative estimate of drug-likeness (QED) is 0.469. The van der Waals surface area contributed by atoms with Crippen molar-refractivity contribution in [3.63, 3.8) is 0 Å². The number of rotatable bonds is 1. The second-order valence-corrected chi connectivity index (χ2v) is 2.49. The summed E-state index contributed by atoms with van der Waals surface area (Å²) in [7, 11) is 4.01. The maximum Gasteiger partial charge on any atom is 0.0362 e. The van der Waals surface area contributed by atoms with E-state index in [1.165, 1.54) is 5.69 Å². The first kappa shape index (κ1) is 14.0. The SMILES string of the molecule is CN(C)c1ccc(N)cc1.[Cl-].[Cl-]. The van der Waals surface area contributed by atoms with Crippen molar-refractivity contribution in [3.05, 3.63) is 24.3 Å². The Morgan fingerprint density at radius 2 is 1.42 bits per heavy atom. The van der Waals surface area contributed by atoms with Crippen LogP contribution >= 0.6 is 0 Å². The lowest BCUT2D eigenvalue weighted by Gasteiger charge is -2.11. The van der Waals surface area contributed by atoms with E-state index in [4.69, 9.17) is 5.73 Å². The lowest BCUT2D eigenvalue weighted by molar-refractivity contribution is -0.00100. The largest absolute Gasteiger partial charge is 1.00 e. The van der Waals surface area contributed by atoms with Crippen molar-refractivity contribution in [2.24, 2.45) is 0 Å². The van der Waals surface area contributed by atoms with E-state index in [9.17, 15) is 0 Å². The smallest absolute Gasteiger partial charge is 0.0362 e. The summed E-state index contributed by atoms with van der Waals surface area (Å²) in [5.74, 6) is 0. The molecule has 0 heterocycles. The van der Waals surface area contributed by atoms with E-state index in [0.29, 0.717) is 0 Å². The van der Waals surface area contributed by atoms with Crippen LogP contribution in [0.3, 0.4) is 0 Å². The molecule has 1 aromatic carbocycles. The van der Waals surface area contributed by atoms with Crippen molar-refractivity contribution in [2.45, 2.75) is 0 Å². The first-order chi connectivity index (χ1) is 4.70. The number of hydrogen-bond acceptors (Lipinski definition) is 2. The highest BCUT2D eigenvalue weighted by molar-refractivity contribution is 5.51. The fourth-order valence-electron chi connectivity index (χ4n) is 0.772. The van der Waals surface area contributed by atoms with Crippen LogP contribution in [0.2, 0.25) is 0 Å². The molecule has 0 aliphatic heterocycles.